The molecule has 0 aromatic heterocycles. The van der Waals surface area contributed by atoms with E-state index in [1.165, 1.54) is 11.1 Å². The van der Waals surface area contributed by atoms with Crippen molar-refractivity contribution < 1.29 is 19.3 Å². The van der Waals surface area contributed by atoms with Gasteiger partial charge < -0.3 is 30.0 Å². The number of aromatic hydroxyl groups is 1. The second-order valence-electron chi connectivity index (χ2n) is 10.1. The van der Waals surface area contributed by atoms with Crippen LogP contribution in [-0.2, 0) is 17.9 Å². The predicted octanol–water partition coefficient (Wildman–Crippen LogP) is 5.78. The molecule has 0 saturated carbocycles. The number of phenols is 1. The number of benzene rings is 4. The zero-order chi connectivity index (χ0) is 26.9. The third-order valence-electron chi connectivity index (χ3n) is 7.40. The molecule has 3 N–H and O–H groups in total. The zero-order valence-electron chi connectivity index (χ0n) is 22.6. The maximum atomic E-state index is 9.72. The van der Waals surface area contributed by atoms with Crippen LogP contribution in [0.5, 0.6) is 17.2 Å². The van der Waals surface area contributed by atoms with Gasteiger partial charge in [-0.1, -0.05) is 48.5 Å². The minimum atomic E-state index is 0.301. The van der Waals surface area contributed by atoms with Crippen LogP contribution in [0.3, 0.4) is 0 Å². The number of piperidine rings is 1. The first kappa shape index (κ1) is 27.0. The molecule has 6 nitrogen and oxygen atoms in total. The largest absolute Gasteiger partial charge is 0.508 e. The number of fused-ring (bicyclic) bond motifs is 1. The van der Waals surface area contributed by atoms with E-state index in [9.17, 15) is 5.11 Å². The van der Waals surface area contributed by atoms with Gasteiger partial charge in [-0.2, -0.15) is 0 Å². The summed E-state index contributed by atoms with van der Waals surface area (Å²) in [6.07, 6.45) is 1.92. The summed E-state index contributed by atoms with van der Waals surface area (Å²) in [6.45, 7) is 4.57. The zero-order valence-corrected chi connectivity index (χ0v) is 22.6. The van der Waals surface area contributed by atoms with Crippen molar-refractivity contribution in [1.82, 2.24) is 10.6 Å². The maximum Gasteiger partial charge on any atom is 0.124 e. The first-order chi connectivity index (χ1) is 19.2. The molecule has 4 aromatic rings. The lowest BCUT2D eigenvalue weighted by molar-refractivity contribution is 0.105. The number of hydrogen-bond acceptors (Lipinski definition) is 6. The lowest BCUT2D eigenvalue weighted by atomic mass is 9.86. The van der Waals surface area contributed by atoms with Crippen molar-refractivity contribution in [2.45, 2.75) is 38.0 Å². The summed E-state index contributed by atoms with van der Waals surface area (Å²) in [5.74, 6) is 2.50. The Hall–Kier alpha value is -3.58. The highest BCUT2D eigenvalue weighted by atomic mass is 16.5. The molecule has 0 unspecified atom stereocenters. The van der Waals surface area contributed by atoms with Crippen LogP contribution in [0.25, 0.3) is 10.8 Å². The van der Waals surface area contributed by atoms with Crippen LogP contribution in [-0.4, -0.2) is 44.6 Å². The van der Waals surface area contributed by atoms with E-state index in [1.807, 2.05) is 30.3 Å². The number of hydrogen-bond donors (Lipinski definition) is 3. The van der Waals surface area contributed by atoms with Crippen LogP contribution < -0.4 is 20.1 Å². The molecule has 0 amide bonds. The van der Waals surface area contributed by atoms with Gasteiger partial charge in [0.25, 0.3) is 0 Å². The SMILES string of the molecule is COc1ccccc1COCCCOc1ccc([C@H]2CCNC[C@H]2NCc2ccc3cc(O)ccc3c2)cc1. The third kappa shape index (κ3) is 7.30. The van der Waals surface area contributed by atoms with Gasteiger partial charge in [0.05, 0.1) is 26.9 Å². The fourth-order valence-corrected chi connectivity index (χ4v) is 5.28. The number of nitrogens with one attached hydrogen (secondary N) is 2. The first-order valence-electron chi connectivity index (χ1n) is 13.8. The molecule has 1 saturated heterocycles. The molecule has 2 atom stereocenters. The molecule has 1 aliphatic rings. The second-order valence-corrected chi connectivity index (χ2v) is 10.1. The summed E-state index contributed by atoms with van der Waals surface area (Å²) >= 11 is 0. The Labute approximate surface area is 230 Å². The Kier molecular flexibility index (Phi) is 9.33. The monoisotopic (exact) mass is 526 g/mol. The van der Waals surface area contributed by atoms with Gasteiger partial charge in [0.2, 0.25) is 0 Å². The van der Waals surface area contributed by atoms with E-state index in [0.29, 0.717) is 37.5 Å². The maximum absolute atomic E-state index is 9.72. The lowest BCUT2D eigenvalue weighted by Crippen LogP contribution is -2.47. The number of methoxy groups -OCH3 is 1. The van der Waals surface area contributed by atoms with Crippen molar-refractivity contribution in [1.29, 1.82) is 0 Å². The summed E-state index contributed by atoms with van der Waals surface area (Å²) in [7, 11) is 1.68. The molecular weight excluding hydrogens is 488 g/mol. The molecule has 204 valence electrons. The van der Waals surface area contributed by atoms with E-state index in [0.717, 1.165) is 60.3 Å². The molecule has 1 heterocycles. The predicted molar refractivity (Wildman–Crippen MR) is 156 cm³/mol. The van der Waals surface area contributed by atoms with Gasteiger partial charge in [0, 0.05) is 37.0 Å². The molecule has 4 aromatic carbocycles. The Morgan fingerprint density at radius 2 is 1.74 bits per heavy atom. The number of phenolic OH excluding ortho intramolecular Hbond substituents is 1. The molecule has 0 bridgehead atoms. The summed E-state index contributed by atoms with van der Waals surface area (Å²) in [5.41, 5.74) is 3.64. The molecule has 6 heteroatoms. The average Bonchev–Trinajstić information content (AvgIpc) is 2.98. The van der Waals surface area contributed by atoms with Gasteiger partial charge in [-0.05, 0) is 71.3 Å². The smallest absolute Gasteiger partial charge is 0.124 e. The number of ether oxygens (including phenoxy) is 3. The molecule has 0 aliphatic carbocycles. The Morgan fingerprint density at radius 3 is 2.62 bits per heavy atom. The van der Waals surface area contributed by atoms with E-state index in [1.54, 1.807) is 19.2 Å². The molecule has 0 radical (unpaired) electrons. The van der Waals surface area contributed by atoms with Gasteiger partial charge in [-0.25, -0.2) is 0 Å². The number of rotatable bonds is 12. The highest BCUT2D eigenvalue weighted by molar-refractivity contribution is 5.84. The standard InChI is InChI=1S/C33H38N2O4/c1-37-33-6-3-2-5-28(33)23-38-17-4-18-39-30-13-10-25(11-14-30)31-15-16-34-22-32(31)35-21-24-7-8-27-20-29(36)12-9-26(27)19-24/h2-3,5-14,19-20,31-32,34-36H,4,15-18,21-23H2,1H3/t31-,32-/m1/s1. The number of para-hydroxylation sites is 1. The Morgan fingerprint density at radius 1 is 0.923 bits per heavy atom. The van der Waals surface area contributed by atoms with Crippen LogP contribution in [0.15, 0.2) is 84.9 Å². The van der Waals surface area contributed by atoms with Crippen molar-refractivity contribution >= 4 is 10.8 Å². The van der Waals surface area contributed by atoms with Crippen molar-refractivity contribution in [2.24, 2.45) is 0 Å². The molecule has 39 heavy (non-hydrogen) atoms. The van der Waals surface area contributed by atoms with Crippen LogP contribution >= 0.6 is 0 Å². The highest BCUT2D eigenvalue weighted by Gasteiger charge is 2.26. The molecular formula is C33H38N2O4. The summed E-state index contributed by atoms with van der Waals surface area (Å²) in [6, 6.07) is 28.8. The van der Waals surface area contributed by atoms with Gasteiger partial charge in [0.1, 0.15) is 17.2 Å². The third-order valence-corrected chi connectivity index (χ3v) is 7.40. The van der Waals surface area contributed by atoms with Crippen LogP contribution in [0.1, 0.15) is 35.4 Å². The molecule has 0 spiro atoms. The molecule has 5 rings (SSSR count). The Balaban J connectivity index is 1.08. The van der Waals surface area contributed by atoms with Gasteiger partial charge in [0.15, 0.2) is 0 Å². The van der Waals surface area contributed by atoms with E-state index < -0.39 is 0 Å². The molecule has 1 aliphatic heterocycles. The molecule has 1 fully saturated rings. The van der Waals surface area contributed by atoms with Crippen LogP contribution in [0, 0.1) is 0 Å². The van der Waals surface area contributed by atoms with Crippen molar-refractivity contribution in [3.8, 4) is 17.2 Å². The van der Waals surface area contributed by atoms with Gasteiger partial charge >= 0.3 is 0 Å². The van der Waals surface area contributed by atoms with Gasteiger partial charge in [-0.3, -0.25) is 0 Å². The minimum absolute atomic E-state index is 0.301. The first-order valence-corrected chi connectivity index (χ1v) is 13.8. The summed E-state index contributed by atoms with van der Waals surface area (Å²) in [4.78, 5) is 0. The van der Waals surface area contributed by atoms with Crippen molar-refractivity contribution in [3.05, 3.63) is 102 Å². The minimum Gasteiger partial charge on any atom is -0.508 e. The van der Waals surface area contributed by atoms with E-state index in [-0.39, 0.29) is 0 Å². The quantitative estimate of drug-likeness (QED) is 0.204. The van der Waals surface area contributed by atoms with Gasteiger partial charge in [-0.15, -0.1) is 0 Å². The van der Waals surface area contributed by atoms with Crippen LogP contribution in [0.4, 0.5) is 0 Å². The Bertz CT molecular complexity index is 1340. The van der Waals surface area contributed by atoms with E-state index >= 15 is 0 Å². The lowest BCUT2D eigenvalue weighted by Gasteiger charge is -2.33. The van der Waals surface area contributed by atoms with E-state index in [2.05, 4.69) is 53.1 Å². The average molecular weight is 527 g/mol. The fraction of sp³-hybridized carbons (Fsp3) is 0.333. The summed E-state index contributed by atoms with van der Waals surface area (Å²) in [5, 5.41) is 19.2. The van der Waals surface area contributed by atoms with Crippen molar-refractivity contribution in [3.63, 3.8) is 0 Å². The van der Waals surface area contributed by atoms with Crippen LogP contribution in [0.2, 0.25) is 0 Å². The topological polar surface area (TPSA) is 72.0 Å². The second kappa shape index (κ2) is 13.5. The summed E-state index contributed by atoms with van der Waals surface area (Å²) < 4.78 is 17.2. The highest BCUT2D eigenvalue weighted by Crippen LogP contribution is 2.28. The normalized spacial score (nSPS) is 17.3. The fourth-order valence-electron chi connectivity index (χ4n) is 5.28. The van der Waals surface area contributed by atoms with E-state index in [4.69, 9.17) is 14.2 Å². The van der Waals surface area contributed by atoms with Crippen molar-refractivity contribution in [2.75, 3.05) is 33.4 Å².